The number of hydrogen-bond acceptors (Lipinski definition) is 3. The molecular formula is C11H9Cl2NOS. The number of nitrogens with zero attached hydrogens (tertiary/aromatic N) is 1. The molecule has 5 heteroatoms. The molecule has 0 aromatic heterocycles. The van der Waals surface area contributed by atoms with Crippen molar-refractivity contribution in [1.82, 2.24) is 0 Å². The minimum atomic E-state index is -0.345. The van der Waals surface area contributed by atoms with E-state index in [-0.39, 0.29) is 11.0 Å². The molecule has 1 aromatic carbocycles. The standard InChI is InChI=1S/C11H9Cl2NOS/c1-7(15)11(16-6-14)5-8-2-3-9(12)10(13)4-8/h2-4,11H,5H2,1H3/t11-/m1/s1. The van der Waals surface area contributed by atoms with Gasteiger partial charge in [-0.15, -0.1) is 0 Å². The van der Waals surface area contributed by atoms with Gasteiger partial charge in [0.25, 0.3) is 0 Å². The zero-order valence-electron chi connectivity index (χ0n) is 8.54. The van der Waals surface area contributed by atoms with Crippen LogP contribution in [0.25, 0.3) is 0 Å². The van der Waals surface area contributed by atoms with Crippen molar-refractivity contribution in [3.05, 3.63) is 33.8 Å². The first-order valence-electron chi connectivity index (χ1n) is 4.53. The van der Waals surface area contributed by atoms with Crippen LogP contribution in [0.3, 0.4) is 0 Å². The lowest BCUT2D eigenvalue weighted by atomic mass is 10.1. The Bertz CT molecular complexity index is 442. The van der Waals surface area contributed by atoms with Crippen LogP contribution < -0.4 is 0 Å². The van der Waals surface area contributed by atoms with E-state index < -0.39 is 0 Å². The monoisotopic (exact) mass is 273 g/mol. The minimum absolute atomic E-state index is 0.0161. The minimum Gasteiger partial charge on any atom is -0.299 e. The molecule has 1 rings (SSSR count). The molecule has 0 unspecified atom stereocenters. The largest absolute Gasteiger partial charge is 0.299 e. The summed E-state index contributed by atoms with van der Waals surface area (Å²) in [6, 6.07) is 5.22. The fraction of sp³-hybridized carbons (Fsp3) is 0.273. The van der Waals surface area contributed by atoms with Gasteiger partial charge in [0, 0.05) is 0 Å². The quantitative estimate of drug-likeness (QED) is 0.786. The normalized spacial score (nSPS) is 11.9. The summed E-state index contributed by atoms with van der Waals surface area (Å²) in [5.74, 6) is -0.0161. The van der Waals surface area contributed by atoms with Gasteiger partial charge in [0.2, 0.25) is 0 Å². The third-order valence-corrected chi connectivity index (χ3v) is 3.68. The molecule has 1 atom stereocenters. The molecule has 0 heterocycles. The maximum absolute atomic E-state index is 11.3. The molecule has 0 aliphatic heterocycles. The van der Waals surface area contributed by atoms with E-state index in [4.69, 9.17) is 28.5 Å². The van der Waals surface area contributed by atoms with Gasteiger partial charge in [0.05, 0.1) is 15.3 Å². The smallest absolute Gasteiger partial charge is 0.144 e. The van der Waals surface area contributed by atoms with Crippen molar-refractivity contribution in [2.45, 2.75) is 18.6 Å². The number of carbonyl (C=O) groups is 1. The average molecular weight is 274 g/mol. The van der Waals surface area contributed by atoms with Crippen LogP contribution in [0.5, 0.6) is 0 Å². The number of halogens is 2. The van der Waals surface area contributed by atoms with Crippen molar-refractivity contribution >= 4 is 40.7 Å². The summed E-state index contributed by atoms with van der Waals surface area (Å²) >= 11 is 12.6. The van der Waals surface area contributed by atoms with Crippen LogP contribution in [0, 0.1) is 10.7 Å². The van der Waals surface area contributed by atoms with E-state index in [2.05, 4.69) is 0 Å². The summed E-state index contributed by atoms with van der Waals surface area (Å²) in [5.41, 5.74) is 0.900. The van der Waals surface area contributed by atoms with E-state index in [9.17, 15) is 4.79 Å². The Balaban J connectivity index is 2.82. The van der Waals surface area contributed by atoms with E-state index in [0.29, 0.717) is 16.5 Å². The van der Waals surface area contributed by atoms with Gasteiger partial charge in [-0.1, -0.05) is 29.3 Å². The van der Waals surface area contributed by atoms with Crippen molar-refractivity contribution in [2.24, 2.45) is 0 Å². The number of nitriles is 1. The first-order chi connectivity index (χ1) is 7.54. The molecule has 0 saturated carbocycles. The first kappa shape index (κ1) is 13.4. The second kappa shape index (κ2) is 6.15. The van der Waals surface area contributed by atoms with E-state index in [0.717, 1.165) is 17.3 Å². The van der Waals surface area contributed by atoms with Crippen molar-refractivity contribution in [3.8, 4) is 5.40 Å². The fourth-order valence-corrected chi connectivity index (χ4v) is 2.10. The summed E-state index contributed by atoms with van der Waals surface area (Å²) in [5, 5.41) is 11.1. The zero-order chi connectivity index (χ0) is 12.1. The molecule has 0 amide bonds. The molecule has 0 radical (unpaired) electrons. The molecule has 84 valence electrons. The Kier molecular flexibility index (Phi) is 5.14. The molecular weight excluding hydrogens is 265 g/mol. The van der Waals surface area contributed by atoms with E-state index in [1.54, 1.807) is 12.1 Å². The lowest BCUT2D eigenvalue weighted by molar-refractivity contribution is -0.116. The number of thioether (sulfide) groups is 1. The molecule has 0 bridgehead atoms. The number of ketones is 1. The van der Waals surface area contributed by atoms with Crippen LogP contribution in [-0.2, 0) is 11.2 Å². The topological polar surface area (TPSA) is 40.9 Å². The van der Waals surface area contributed by atoms with Crippen LogP contribution in [0.4, 0.5) is 0 Å². The second-order valence-electron chi connectivity index (χ2n) is 3.26. The van der Waals surface area contributed by atoms with Gasteiger partial charge in [-0.2, -0.15) is 5.26 Å². The molecule has 0 aliphatic carbocycles. The highest BCUT2D eigenvalue weighted by Crippen LogP contribution is 2.25. The van der Waals surface area contributed by atoms with Crippen LogP contribution in [0.2, 0.25) is 10.0 Å². The first-order valence-corrected chi connectivity index (χ1v) is 6.17. The Morgan fingerprint density at radius 2 is 2.19 bits per heavy atom. The lowest BCUT2D eigenvalue weighted by Gasteiger charge is -2.09. The van der Waals surface area contributed by atoms with E-state index in [1.165, 1.54) is 6.92 Å². The SMILES string of the molecule is CC(=O)[C@@H](Cc1ccc(Cl)c(Cl)c1)SC#N. The molecule has 16 heavy (non-hydrogen) atoms. The zero-order valence-corrected chi connectivity index (χ0v) is 10.9. The van der Waals surface area contributed by atoms with Crippen LogP contribution in [-0.4, -0.2) is 11.0 Å². The Labute approximate surface area is 109 Å². The number of Topliss-reactive ketones (excluding diaryl/α,β-unsaturated/α-hetero) is 1. The highest BCUT2D eigenvalue weighted by atomic mass is 35.5. The summed E-state index contributed by atoms with van der Waals surface area (Å²) in [7, 11) is 0. The number of benzene rings is 1. The second-order valence-corrected chi connectivity index (χ2v) is 5.06. The van der Waals surface area contributed by atoms with Gasteiger partial charge in [-0.05, 0) is 42.8 Å². The third-order valence-electron chi connectivity index (χ3n) is 2.05. The molecule has 0 saturated heterocycles. The van der Waals surface area contributed by atoms with E-state index >= 15 is 0 Å². The average Bonchev–Trinajstić information content (AvgIpc) is 2.22. The molecule has 0 N–H and O–H groups in total. The van der Waals surface area contributed by atoms with Gasteiger partial charge in [0.15, 0.2) is 0 Å². The predicted molar refractivity (Wildman–Crippen MR) is 67.8 cm³/mol. The lowest BCUT2D eigenvalue weighted by Crippen LogP contribution is -2.15. The van der Waals surface area contributed by atoms with Crippen molar-refractivity contribution in [3.63, 3.8) is 0 Å². The van der Waals surface area contributed by atoms with Crippen molar-refractivity contribution < 1.29 is 4.79 Å². The van der Waals surface area contributed by atoms with Gasteiger partial charge in [-0.25, -0.2) is 0 Å². The van der Waals surface area contributed by atoms with Gasteiger partial charge in [0.1, 0.15) is 11.2 Å². The summed E-state index contributed by atoms with van der Waals surface area (Å²) < 4.78 is 0. The molecule has 0 fully saturated rings. The van der Waals surface area contributed by atoms with Crippen LogP contribution >= 0.6 is 35.0 Å². The Morgan fingerprint density at radius 1 is 1.50 bits per heavy atom. The summed E-state index contributed by atoms with van der Waals surface area (Å²) in [4.78, 5) is 11.3. The van der Waals surface area contributed by atoms with Gasteiger partial charge >= 0.3 is 0 Å². The van der Waals surface area contributed by atoms with Gasteiger partial charge in [-0.3, -0.25) is 4.79 Å². The molecule has 1 aromatic rings. The van der Waals surface area contributed by atoms with E-state index in [1.807, 2.05) is 11.5 Å². The highest BCUT2D eigenvalue weighted by Gasteiger charge is 2.16. The highest BCUT2D eigenvalue weighted by molar-refractivity contribution is 8.04. The van der Waals surface area contributed by atoms with Gasteiger partial charge < -0.3 is 0 Å². The summed E-state index contributed by atoms with van der Waals surface area (Å²) in [6.07, 6.45) is 0.491. The maximum atomic E-state index is 11.3. The predicted octanol–water partition coefficient (Wildman–Crippen LogP) is 3.71. The van der Waals surface area contributed by atoms with Crippen molar-refractivity contribution in [2.75, 3.05) is 0 Å². The summed E-state index contributed by atoms with van der Waals surface area (Å²) in [6.45, 7) is 1.48. The molecule has 0 spiro atoms. The van der Waals surface area contributed by atoms with Crippen LogP contribution in [0.1, 0.15) is 12.5 Å². The molecule has 2 nitrogen and oxygen atoms in total. The fourth-order valence-electron chi connectivity index (χ4n) is 1.21. The Hall–Kier alpha value is -0.690. The Morgan fingerprint density at radius 3 is 2.69 bits per heavy atom. The molecule has 0 aliphatic rings. The number of rotatable bonds is 4. The van der Waals surface area contributed by atoms with Crippen LogP contribution in [0.15, 0.2) is 18.2 Å². The third kappa shape index (κ3) is 3.71. The number of carbonyl (C=O) groups excluding carboxylic acids is 1. The maximum Gasteiger partial charge on any atom is 0.144 e. The van der Waals surface area contributed by atoms with Crippen molar-refractivity contribution in [1.29, 1.82) is 5.26 Å². The number of thiocyanates is 1. The number of hydrogen-bond donors (Lipinski definition) is 0.